The molecule has 2 saturated carbocycles. The van der Waals surface area contributed by atoms with Crippen molar-refractivity contribution in [2.45, 2.75) is 57.1 Å². The summed E-state index contributed by atoms with van der Waals surface area (Å²) in [4.78, 5) is 12.4. The van der Waals surface area contributed by atoms with E-state index in [1.165, 1.54) is 12.8 Å². The highest BCUT2D eigenvalue weighted by molar-refractivity contribution is 5.86. The lowest BCUT2D eigenvalue weighted by Crippen LogP contribution is -2.47. The number of nitrogens with one attached hydrogen (secondary N) is 1. The second-order valence-corrected chi connectivity index (χ2v) is 5.94. The van der Waals surface area contributed by atoms with Crippen molar-refractivity contribution in [1.29, 1.82) is 5.26 Å². The summed E-state index contributed by atoms with van der Waals surface area (Å²) < 4.78 is 5.72. The van der Waals surface area contributed by atoms with Crippen LogP contribution in [0.15, 0.2) is 0 Å². The van der Waals surface area contributed by atoms with Crippen molar-refractivity contribution in [1.82, 2.24) is 5.32 Å². The van der Waals surface area contributed by atoms with Crippen molar-refractivity contribution in [3.8, 4) is 6.07 Å². The fourth-order valence-electron chi connectivity index (χ4n) is 3.33. The Morgan fingerprint density at radius 3 is 2.61 bits per heavy atom. The molecular weight excluding hydrogens is 228 g/mol. The maximum Gasteiger partial charge on any atom is 0.240 e. The molecule has 1 heterocycles. The molecule has 2 unspecified atom stereocenters. The van der Waals surface area contributed by atoms with Crippen molar-refractivity contribution in [2.75, 3.05) is 6.61 Å². The lowest BCUT2D eigenvalue weighted by molar-refractivity contribution is -0.129. The van der Waals surface area contributed by atoms with E-state index in [9.17, 15) is 10.1 Å². The van der Waals surface area contributed by atoms with Crippen molar-refractivity contribution in [2.24, 2.45) is 11.3 Å². The van der Waals surface area contributed by atoms with Crippen LogP contribution in [-0.4, -0.2) is 24.7 Å². The third-order valence-electron chi connectivity index (χ3n) is 4.64. The molecule has 1 amide bonds. The monoisotopic (exact) mass is 248 g/mol. The van der Waals surface area contributed by atoms with Crippen LogP contribution in [-0.2, 0) is 9.53 Å². The number of carbonyl (C=O) groups excluding carboxylic acids is 1. The number of ether oxygens (including phenoxy) is 1. The molecule has 3 rings (SSSR count). The average Bonchev–Trinajstić information content (AvgIpc) is 2.93. The topological polar surface area (TPSA) is 62.1 Å². The zero-order chi connectivity index (χ0) is 12.6. The van der Waals surface area contributed by atoms with Crippen LogP contribution in [0.2, 0.25) is 0 Å². The summed E-state index contributed by atoms with van der Waals surface area (Å²) in [7, 11) is 0. The van der Waals surface area contributed by atoms with Crippen molar-refractivity contribution in [3.63, 3.8) is 0 Å². The number of nitrogens with zero attached hydrogens (tertiary/aromatic N) is 1. The van der Waals surface area contributed by atoms with Gasteiger partial charge < -0.3 is 10.1 Å². The normalized spacial score (nSPS) is 34.2. The molecule has 0 aromatic rings. The van der Waals surface area contributed by atoms with E-state index < -0.39 is 5.41 Å². The third kappa shape index (κ3) is 2.01. The molecule has 2 atom stereocenters. The van der Waals surface area contributed by atoms with Gasteiger partial charge in [0.15, 0.2) is 0 Å². The lowest BCUT2D eigenvalue weighted by atomic mass is 9.86. The highest BCUT2D eigenvalue weighted by atomic mass is 16.5. The maximum atomic E-state index is 12.4. The Labute approximate surface area is 108 Å². The molecule has 3 fully saturated rings. The minimum atomic E-state index is -0.753. The van der Waals surface area contributed by atoms with Gasteiger partial charge >= 0.3 is 0 Å². The van der Waals surface area contributed by atoms with Crippen molar-refractivity contribution in [3.05, 3.63) is 0 Å². The average molecular weight is 248 g/mol. The van der Waals surface area contributed by atoms with Crippen molar-refractivity contribution >= 4 is 5.91 Å². The first kappa shape index (κ1) is 12.0. The molecule has 3 aliphatic rings. The van der Waals surface area contributed by atoms with Crippen LogP contribution in [0.25, 0.3) is 0 Å². The zero-order valence-electron chi connectivity index (χ0n) is 10.7. The van der Waals surface area contributed by atoms with Crippen molar-refractivity contribution < 1.29 is 9.53 Å². The van der Waals surface area contributed by atoms with E-state index in [0.29, 0.717) is 5.92 Å². The van der Waals surface area contributed by atoms with E-state index in [1.807, 2.05) is 0 Å². The number of nitriles is 1. The molecule has 2 aliphatic carbocycles. The van der Waals surface area contributed by atoms with E-state index in [2.05, 4.69) is 11.4 Å². The van der Waals surface area contributed by atoms with E-state index in [1.54, 1.807) is 0 Å². The summed E-state index contributed by atoms with van der Waals surface area (Å²) >= 11 is 0. The predicted octanol–water partition coefficient (Wildman–Crippen LogP) is 1.75. The van der Waals surface area contributed by atoms with Gasteiger partial charge in [-0.1, -0.05) is 12.8 Å². The first-order valence-corrected chi connectivity index (χ1v) is 7.09. The Bertz CT molecular complexity index is 378. The van der Waals surface area contributed by atoms with Crippen LogP contribution < -0.4 is 5.32 Å². The van der Waals surface area contributed by atoms with Gasteiger partial charge in [0.05, 0.1) is 18.2 Å². The van der Waals surface area contributed by atoms with E-state index >= 15 is 0 Å². The number of hydrogen-bond donors (Lipinski definition) is 1. The molecule has 0 bridgehead atoms. The first-order valence-electron chi connectivity index (χ1n) is 7.09. The molecule has 0 aromatic heterocycles. The first-order chi connectivity index (χ1) is 8.75. The highest BCUT2D eigenvalue weighted by Gasteiger charge is 2.46. The summed E-state index contributed by atoms with van der Waals surface area (Å²) in [6.07, 6.45) is 6.97. The minimum Gasteiger partial charge on any atom is -0.376 e. The van der Waals surface area contributed by atoms with Gasteiger partial charge in [-0.05, 0) is 38.0 Å². The molecule has 1 saturated heterocycles. The van der Waals surface area contributed by atoms with Crippen LogP contribution in [0.3, 0.4) is 0 Å². The second kappa shape index (κ2) is 4.55. The van der Waals surface area contributed by atoms with E-state index in [4.69, 9.17) is 4.74 Å². The standard InChI is InChI=1S/C14H20N2O2/c15-9-14(6-1-2-7-14)13(17)16-11-5-8-18-12(11)10-3-4-10/h10-12H,1-8H2,(H,16,17). The number of carbonyl (C=O) groups is 1. The Morgan fingerprint density at radius 2 is 2.00 bits per heavy atom. The van der Waals surface area contributed by atoms with Gasteiger partial charge in [-0.3, -0.25) is 4.79 Å². The summed E-state index contributed by atoms with van der Waals surface area (Å²) in [5.41, 5.74) is -0.753. The summed E-state index contributed by atoms with van der Waals surface area (Å²) in [6.45, 7) is 0.742. The molecule has 4 nitrogen and oxygen atoms in total. The summed E-state index contributed by atoms with van der Waals surface area (Å²) in [5.74, 6) is 0.586. The smallest absolute Gasteiger partial charge is 0.240 e. The maximum absolute atomic E-state index is 12.4. The molecule has 1 aliphatic heterocycles. The van der Waals surface area contributed by atoms with Gasteiger partial charge in [-0.15, -0.1) is 0 Å². The minimum absolute atomic E-state index is 0.0522. The van der Waals surface area contributed by atoms with Gasteiger partial charge in [0.1, 0.15) is 5.41 Å². The lowest BCUT2D eigenvalue weighted by Gasteiger charge is -2.25. The Hall–Kier alpha value is -1.08. The zero-order valence-corrected chi connectivity index (χ0v) is 10.7. The Morgan fingerprint density at radius 1 is 1.28 bits per heavy atom. The van der Waals surface area contributed by atoms with Crippen LogP contribution in [0, 0.1) is 22.7 Å². The Balaban J connectivity index is 1.65. The van der Waals surface area contributed by atoms with Gasteiger partial charge in [0.2, 0.25) is 5.91 Å². The van der Waals surface area contributed by atoms with E-state index in [0.717, 1.165) is 38.7 Å². The SMILES string of the molecule is N#CC1(C(=O)NC2CCOC2C2CC2)CCCC1. The third-order valence-corrected chi connectivity index (χ3v) is 4.64. The molecule has 98 valence electrons. The molecule has 18 heavy (non-hydrogen) atoms. The van der Waals surface area contributed by atoms with Gasteiger partial charge in [0.25, 0.3) is 0 Å². The molecule has 4 heteroatoms. The molecular formula is C14H20N2O2. The Kier molecular flexibility index (Phi) is 3.03. The van der Waals surface area contributed by atoms with Crippen LogP contribution >= 0.6 is 0 Å². The number of rotatable bonds is 3. The predicted molar refractivity (Wildman–Crippen MR) is 65.5 cm³/mol. The quantitative estimate of drug-likeness (QED) is 0.827. The molecule has 0 spiro atoms. The van der Waals surface area contributed by atoms with Gasteiger partial charge in [-0.2, -0.15) is 5.26 Å². The number of amides is 1. The van der Waals surface area contributed by atoms with Crippen LogP contribution in [0.1, 0.15) is 44.9 Å². The molecule has 0 aromatic carbocycles. The number of hydrogen-bond acceptors (Lipinski definition) is 3. The summed E-state index contributed by atoms with van der Waals surface area (Å²) in [5, 5.41) is 12.4. The molecule has 0 radical (unpaired) electrons. The van der Waals surface area contributed by atoms with Crippen LogP contribution in [0.5, 0.6) is 0 Å². The van der Waals surface area contributed by atoms with Gasteiger partial charge in [0, 0.05) is 6.61 Å². The summed E-state index contributed by atoms with van der Waals surface area (Å²) in [6, 6.07) is 2.39. The van der Waals surface area contributed by atoms with Gasteiger partial charge in [-0.25, -0.2) is 0 Å². The molecule has 1 N–H and O–H groups in total. The largest absolute Gasteiger partial charge is 0.376 e. The second-order valence-electron chi connectivity index (χ2n) is 5.94. The highest BCUT2D eigenvalue weighted by Crippen LogP contribution is 2.41. The fraction of sp³-hybridized carbons (Fsp3) is 0.857. The van der Waals surface area contributed by atoms with E-state index in [-0.39, 0.29) is 18.1 Å². The fourth-order valence-corrected chi connectivity index (χ4v) is 3.33. The van der Waals surface area contributed by atoms with Crippen LogP contribution in [0.4, 0.5) is 0 Å².